The van der Waals surface area contributed by atoms with Crippen molar-refractivity contribution in [1.29, 1.82) is 0 Å². The van der Waals surface area contributed by atoms with Crippen LogP contribution in [0.1, 0.15) is 57.8 Å². The predicted octanol–water partition coefficient (Wildman–Crippen LogP) is 4.04. The Balaban J connectivity index is 1.10. The van der Waals surface area contributed by atoms with Gasteiger partial charge in [-0.15, -0.1) is 0 Å². The first kappa shape index (κ1) is 17.8. The first-order chi connectivity index (χ1) is 13.6. The molecule has 0 saturated heterocycles. The summed E-state index contributed by atoms with van der Waals surface area (Å²) in [6.07, 6.45) is 9.40. The number of benzene rings is 1. The lowest BCUT2D eigenvalue weighted by molar-refractivity contribution is -0.148. The minimum absolute atomic E-state index is 0.252. The molecule has 150 valence electrons. The zero-order chi connectivity index (χ0) is 19.1. The summed E-state index contributed by atoms with van der Waals surface area (Å²) >= 11 is 0. The van der Waals surface area contributed by atoms with Gasteiger partial charge in [-0.1, -0.05) is 6.42 Å². The van der Waals surface area contributed by atoms with Gasteiger partial charge in [0.2, 0.25) is 0 Å². The van der Waals surface area contributed by atoms with Crippen molar-refractivity contribution in [3.8, 4) is 11.5 Å². The fourth-order valence-electron chi connectivity index (χ4n) is 5.53. The van der Waals surface area contributed by atoms with Crippen molar-refractivity contribution >= 4 is 17.6 Å². The second kappa shape index (κ2) is 6.98. The van der Waals surface area contributed by atoms with Crippen LogP contribution in [0, 0.1) is 17.8 Å². The van der Waals surface area contributed by atoms with Gasteiger partial charge in [0.25, 0.3) is 11.7 Å². The number of esters is 1. The Morgan fingerprint density at radius 3 is 2.68 bits per heavy atom. The molecule has 0 radical (unpaired) electrons. The van der Waals surface area contributed by atoms with Crippen LogP contribution in [0.25, 0.3) is 0 Å². The predicted molar refractivity (Wildman–Crippen MR) is 102 cm³/mol. The highest BCUT2D eigenvalue weighted by Gasteiger charge is 2.44. The fraction of sp³-hybridized carbons (Fsp3) is 0.636. The molecule has 3 fully saturated rings. The first-order valence-corrected chi connectivity index (χ1v) is 10.6. The molecule has 0 unspecified atom stereocenters. The number of amides is 1. The average Bonchev–Trinajstić information content (AvgIpc) is 3.44. The van der Waals surface area contributed by atoms with Gasteiger partial charge in [0, 0.05) is 31.0 Å². The van der Waals surface area contributed by atoms with E-state index >= 15 is 0 Å². The molecule has 3 aliphatic carbocycles. The highest BCUT2D eigenvalue weighted by atomic mass is 16.7. The number of rotatable bonds is 5. The van der Waals surface area contributed by atoms with E-state index in [4.69, 9.17) is 14.2 Å². The third-order valence-corrected chi connectivity index (χ3v) is 6.86. The maximum atomic E-state index is 12.2. The average molecular weight is 385 g/mol. The number of hydrogen-bond acceptors (Lipinski definition) is 5. The molecule has 5 rings (SSSR count). The smallest absolute Gasteiger partial charge is 0.306 e. The Kier molecular flexibility index (Phi) is 4.44. The standard InChI is InChI=1S/C22H27NO5/c24-20(13-26-21(25)11-16-10-14-3-4-15(16)9-14)23-17-5-6-18-19(12-17)28-22(27-18)7-1-2-8-22/h5-6,12,14-16H,1-4,7-11,13H2,(H,23,24)/t14-,15-,16-/m0/s1. The van der Waals surface area contributed by atoms with Crippen molar-refractivity contribution in [2.24, 2.45) is 17.8 Å². The molecule has 1 amide bonds. The van der Waals surface area contributed by atoms with E-state index in [0.717, 1.165) is 43.8 Å². The van der Waals surface area contributed by atoms with Gasteiger partial charge >= 0.3 is 5.97 Å². The molecule has 6 heteroatoms. The van der Waals surface area contributed by atoms with Crippen LogP contribution in [-0.2, 0) is 14.3 Å². The SMILES string of the molecule is O=C(COC(=O)C[C@@H]1C[C@H]2CC[C@H]1C2)Nc1ccc2c(c1)OC1(CCCC1)O2. The largest absolute Gasteiger partial charge is 0.456 e. The summed E-state index contributed by atoms with van der Waals surface area (Å²) < 4.78 is 17.2. The van der Waals surface area contributed by atoms with Crippen molar-refractivity contribution in [1.82, 2.24) is 0 Å². The van der Waals surface area contributed by atoms with E-state index in [1.165, 1.54) is 19.3 Å². The molecule has 2 bridgehead atoms. The van der Waals surface area contributed by atoms with Crippen LogP contribution in [0.2, 0.25) is 0 Å². The van der Waals surface area contributed by atoms with Crippen LogP contribution in [0.3, 0.4) is 0 Å². The van der Waals surface area contributed by atoms with Crippen LogP contribution >= 0.6 is 0 Å². The number of nitrogens with one attached hydrogen (secondary N) is 1. The Morgan fingerprint density at radius 2 is 1.93 bits per heavy atom. The number of anilines is 1. The molecule has 1 N–H and O–H groups in total. The molecule has 3 atom stereocenters. The molecule has 4 aliphatic rings. The lowest BCUT2D eigenvalue weighted by Gasteiger charge is -2.21. The molecule has 1 spiro atoms. The topological polar surface area (TPSA) is 73.9 Å². The zero-order valence-corrected chi connectivity index (χ0v) is 16.1. The van der Waals surface area contributed by atoms with E-state index in [9.17, 15) is 9.59 Å². The molecule has 6 nitrogen and oxygen atoms in total. The lowest BCUT2D eigenvalue weighted by atomic mass is 9.86. The number of carbonyl (C=O) groups excluding carboxylic acids is 2. The molecule has 28 heavy (non-hydrogen) atoms. The molecule has 0 aromatic heterocycles. The summed E-state index contributed by atoms with van der Waals surface area (Å²) in [6.45, 7) is -0.252. The van der Waals surface area contributed by atoms with Gasteiger partial charge in [-0.25, -0.2) is 0 Å². The minimum Gasteiger partial charge on any atom is -0.456 e. The van der Waals surface area contributed by atoms with Gasteiger partial charge in [-0.05, 0) is 62.0 Å². The fourth-order valence-corrected chi connectivity index (χ4v) is 5.53. The van der Waals surface area contributed by atoms with Crippen LogP contribution in [-0.4, -0.2) is 24.3 Å². The van der Waals surface area contributed by atoms with E-state index in [-0.39, 0.29) is 18.5 Å². The van der Waals surface area contributed by atoms with Crippen molar-refractivity contribution < 1.29 is 23.8 Å². The van der Waals surface area contributed by atoms with Gasteiger partial charge < -0.3 is 19.5 Å². The minimum atomic E-state index is -0.514. The van der Waals surface area contributed by atoms with E-state index in [2.05, 4.69) is 5.32 Å². The number of hydrogen-bond donors (Lipinski definition) is 1. The molecular weight excluding hydrogens is 358 g/mol. The van der Waals surface area contributed by atoms with E-state index in [1.807, 2.05) is 6.07 Å². The normalized spacial score (nSPS) is 28.6. The van der Waals surface area contributed by atoms with E-state index in [1.54, 1.807) is 12.1 Å². The van der Waals surface area contributed by atoms with Gasteiger partial charge in [0.05, 0.1) is 0 Å². The molecule has 1 aromatic rings. The van der Waals surface area contributed by atoms with Crippen LogP contribution in [0.5, 0.6) is 11.5 Å². The molecule has 1 aliphatic heterocycles. The third kappa shape index (κ3) is 3.45. The van der Waals surface area contributed by atoms with Crippen LogP contribution in [0.4, 0.5) is 5.69 Å². The van der Waals surface area contributed by atoms with Gasteiger partial charge in [0.1, 0.15) is 0 Å². The molecular formula is C22H27NO5. The Bertz CT molecular complexity index is 785. The Labute approximate surface area is 164 Å². The van der Waals surface area contributed by atoms with Crippen LogP contribution < -0.4 is 14.8 Å². The lowest BCUT2D eigenvalue weighted by Crippen LogP contribution is -2.34. The second-order valence-corrected chi connectivity index (χ2v) is 8.83. The number of ether oxygens (including phenoxy) is 3. The first-order valence-electron chi connectivity index (χ1n) is 10.6. The maximum absolute atomic E-state index is 12.2. The Morgan fingerprint density at radius 1 is 1.11 bits per heavy atom. The second-order valence-electron chi connectivity index (χ2n) is 8.83. The summed E-state index contributed by atoms with van der Waals surface area (Å²) in [7, 11) is 0. The van der Waals surface area contributed by atoms with Gasteiger partial charge in [0.15, 0.2) is 18.1 Å². The monoisotopic (exact) mass is 385 g/mol. The highest BCUT2D eigenvalue weighted by Crippen LogP contribution is 2.49. The quantitative estimate of drug-likeness (QED) is 0.775. The van der Waals surface area contributed by atoms with Gasteiger partial charge in [-0.2, -0.15) is 0 Å². The van der Waals surface area contributed by atoms with Crippen molar-refractivity contribution in [2.75, 3.05) is 11.9 Å². The van der Waals surface area contributed by atoms with E-state index < -0.39 is 5.79 Å². The van der Waals surface area contributed by atoms with Gasteiger partial charge in [-0.3, -0.25) is 9.59 Å². The summed E-state index contributed by atoms with van der Waals surface area (Å²) in [5, 5.41) is 2.77. The maximum Gasteiger partial charge on any atom is 0.306 e. The van der Waals surface area contributed by atoms with Crippen LogP contribution in [0.15, 0.2) is 18.2 Å². The van der Waals surface area contributed by atoms with Crippen molar-refractivity contribution in [2.45, 2.75) is 63.6 Å². The summed E-state index contributed by atoms with van der Waals surface area (Å²) in [5.74, 6) is 2.21. The number of carbonyl (C=O) groups is 2. The van der Waals surface area contributed by atoms with Crippen molar-refractivity contribution in [3.63, 3.8) is 0 Å². The molecule has 3 saturated carbocycles. The van der Waals surface area contributed by atoms with Crippen molar-refractivity contribution in [3.05, 3.63) is 18.2 Å². The molecule has 1 aromatic carbocycles. The molecule has 1 heterocycles. The number of fused-ring (bicyclic) bond motifs is 3. The third-order valence-electron chi connectivity index (χ3n) is 6.86. The summed E-state index contributed by atoms with van der Waals surface area (Å²) in [6, 6.07) is 5.38. The summed E-state index contributed by atoms with van der Waals surface area (Å²) in [5.41, 5.74) is 0.617. The summed E-state index contributed by atoms with van der Waals surface area (Å²) in [4.78, 5) is 24.3. The highest BCUT2D eigenvalue weighted by molar-refractivity contribution is 5.93. The zero-order valence-electron chi connectivity index (χ0n) is 16.1. The Hall–Kier alpha value is -2.24. The van der Waals surface area contributed by atoms with E-state index in [0.29, 0.717) is 29.7 Å².